The van der Waals surface area contributed by atoms with Crippen LogP contribution in [-0.2, 0) is 0 Å². The summed E-state index contributed by atoms with van der Waals surface area (Å²) in [5, 5.41) is 11.8. The van der Waals surface area contributed by atoms with E-state index in [2.05, 4.69) is 10.3 Å². The van der Waals surface area contributed by atoms with Gasteiger partial charge in [-0.1, -0.05) is 0 Å². The Bertz CT molecular complexity index is 625. The van der Waals surface area contributed by atoms with Crippen molar-refractivity contribution >= 4 is 17.5 Å². The molecule has 8 heteroatoms. The first kappa shape index (κ1) is 18.9. The number of carboxylic acids is 1. The Balaban J connectivity index is 0.00000200. The smallest absolute Gasteiger partial charge is 0.870 e. The SMILES string of the molecule is COc1cc(Nc2ncccc2C(=O)O)ccc1F.[Li+].[OH-]. The van der Waals surface area contributed by atoms with Crippen molar-refractivity contribution in [3.63, 3.8) is 0 Å². The fraction of sp³-hybridized carbons (Fsp3) is 0.0769. The van der Waals surface area contributed by atoms with E-state index in [-0.39, 0.29) is 41.5 Å². The first-order chi connectivity index (χ1) is 9.11. The Morgan fingerprint density at radius 2 is 2.10 bits per heavy atom. The number of pyridine rings is 1. The van der Waals surface area contributed by atoms with Gasteiger partial charge in [0.15, 0.2) is 11.6 Å². The van der Waals surface area contributed by atoms with Crippen molar-refractivity contribution in [2.75, 3.05) is 12.4 Å². The quantitative estimate of drug-likeness (QED) is 0.735. The third kappa shape index (κ3) is 4.46. The minimum atomic E-state index is -1.09. The summed E-state index contributed by atoms with van der Waals surface area (Å²) in [6.45, 7) is 0. The number of methoxy groups -OCH3 is 1. The summed E-state index contributed by atoms with van der Waals surface area (Å²) < 4.78 is 18.1. The first-order valence-corrected chi connectivity index (χ1v) is 5.40. The van der Waals surface area contributed by atoms with E-state index in [9.17, 15) is 9.18 Å². The number of hydrogen-bond acceptors (Lipinski definition) is 5. The number of nitrogens with zero attached hydrogens (tertiary/aromatic N) is 1. The molecule has 3 N–H and O–H groups in total. The molecule has 0 saturated heterocycles. The molecule has 0 saturated carbocycles. The summed E-state index contributed by atoms with van der Waals surface area (Å²) in [5.41, 5.74) is 0.519. The van der Waals surface area contributed by atoms with E-state index in [1.807, 2.05) is 0 Å². The average molecular weight is 286 g/mol. The number of carboxylic acid groups (broad SMARTS) is 1. The van der Waals surface area contributed by atoms with E-state index in [1.165, 1.54) is 43.6 Å². The number of aromatic carboxylic acids is 1. The molecule has 0 aliphatic rings. The number of rotatable bonds is 4. The number of anilines is 2. The van der Waals surface area contributed by atoms with Crippen LogP contribution >= 0.6 is 0 Å². The molecular weight excluding hydrogens is 274 g/mol. The van der Waals surface area contributed by atoms with E-state index < -0.39 is 11.8 Å². The maximum absolute atomic E-state index is 13.3. The zero-order chi connectivity index (χ0) is 13.8. The van der Waals surface area contributed by atoms with Crippen molar-refractivity contribution in [1.82, 2.24) is 4.98 Å². The standard InChI is InChI=1S/C13H11FN2O3.Li.H2O/c1-19-11-7-8(4-5-10(11)14)16-12-9(13(17)18)3-2-6-15-12;;/h2-7H,1H3,(H,15,16)(H,17,18);;1H2/q;+1;/p-1. The molecule has 106 valence electrons. The molecule has 1 heterocycles. The predicted molar refractivity (Wildman–Crippen MR) is 69.4 cm³/mol. The molecule has 0 atom stereocenters. The second-order valence-corrected chi connectivity index (χ2v) is 3.68. The molecule has 0 fully saturated rings. The number of halogens is 1. The van der Waals surface area contributed by atoms with E-state index in [4.69, 9.17) is 9.84 Å². The Morgan fingerprint density at radius 3 is 2.71 bits per heavy atom. The van der Waals surface area contributed by atoms with Gasteiger partial charge in [-0.15, -0.1) is 0 Å². The van der Waals surface area contributed by atoms with Gasteiger partial charge in [-0.25, -0.2) is 14.2 Å². The van der Waals surface area contributed by atoms with E-state index in [0.29, 0.717) is 5.69 Å². The average Bonchev–Trinajstić information content (AvgIpc) is 2.41. The number of aromatic nitrogens is 1. The Kier molecular flexibility index (Phi) is 7.45. The van der Waals surface area contributed by atoms with Gasteiger partial charge in [0.1, 0.15) is 11.4 Å². The fourth-order valence-electron chi connectivity index (χ4n) is 1.55. The van der Waals surface area contributed by atoms with Crippen molar-refractivity contribution in [3.8, 4) is 5.75 Å². The molecule has 1 aromatic heterocycles. The van der Waals surface area contributed by atoms with Gasteiger partial charge >= 0.3 is 24.8 Å². The second kappa shape index (κ2) is 8.27. The number of ether oxygens (including phenoxy) is 1. The zero-order valence-corrected chi connectivity index (χ0v) is 11.5. The second-order valence-electron chi connectivity index (χ2n) is 3.68. The number of carbonyl (C=O) groups is 1. The summed E-state index contributed by atoms with van der Waals surface area (Å²) in [6, 6.07) is 7.08. The van der Waals surface area contributed by atoms with Crippen LogP contribution in [0.2, 0.25) is 0 Å². The summed E-state index contributed by atoms with van der Waals surface area (Å²) in [4.78, 5) is 15.0. The third-order valence-corrected chi connectivity index (χ3v) is 2.45. The van der Waals surface area contributed by atoms with Crippen molar-refractivity contribution in [2.24, 2.45) is 0 Å². The van der Waals surface area contributed by atoms with Crippen LogP contribution in [0.25, 0.3) is 0 Å². The van der Waals surface area contributed by atoms with E-state index in [1.54, 1.807) is 0 Å². The Labute approximate surface area is 132 Å². The molecule has 2 aromatic rings. The van der Waals surface area contributed by atoms with Gasteiger partial charge in [-0.3, -0.25) is 0 Å². The molecular formula is C13H12FLiN2O4. The largest absolute Gasteiger partial charge is 1.00 e. The number of nitrogens with one attached hydrogen (secondary N) is 1. The molecule has 0 aliphatic carbocycles. The molecule has 0 aliphatic heterocycles. The minimum Gasteiger partial charge on any atom is -0.870 e. The van der Waals surface area contributed by atoms with Gasteiger partial charge in [0.2, 0.25) is 0 Å². The molecule has 21 heavy (non-hydrogen) atoms. The molecule has 0 amide bonds. The third-order valence-electron chi connectivity index (χ3n) is 2.45. The normalized spacial score (nSPS) is 9.05. The maximum atomic E-state index is 13.3. The van der Waals surface area contributed by atoms with Gasteiger partial charge in [-0.2, -0.15) is 0 Å². The number of hydrogen-bond donors (Lipinski definition) is 2. The van der Waals surface area contributed by atoms with E-state index >= 15 is 0 Å². The molecule has 1 aromatic carbocycles. The maximum Gasteiger partial charge on any atom is 1.00 e. The van der Waals surface area contributed by atoms with Gasteiger partial charge in [0.25, 0.3) is 0 Å². The first-order valence-electron chi connectivity index (χ1n) is 5.40. The number of benzene rings is 1. The fourth-order valence-corrected chi connectivity index (χ4v) is 1.55. The zero-order valence-electron chi connectivity index (χ0n) is 11.5. The monoisotopic (exact) mass is 286 g/mol. The van der Waals surface area contributed by atoms with Crippen LogP contribution in [-0.4, -0.2) is 28.6 Å². The van der Waals surface area contributed by atoms with Crippen LogP contribution in [0.1, 0.15) is 10.4 Å². The molecule has 0 bridgehead atoms. The van der Waals surface area contributed by atoms with Gasteiger partial charge in [0.05, 0.1) is 7.11 Å². The summed E-state index contributed by atoms with van der Waals surface area (Å²) in [7, 11) is 1.35. The predicted octanol–water partition coefficient (Wildman–Crippen LogP) is -0.502. The molecule has 0 spiro atoms. The Morgan fingerprint density at radius 1 is 1.38 bits per heavy atom. The van der Waals surface area contributed by atoms with E-state index in [0.717, 1.165) is 0 Å². The van der Waals surface area contributed by atoms with Gasteiger partial charge in [0, 0.05) is 18.0 Å². The van der Waals surface area contributed by atoms with Crippen molar-refractivity contribution < 1.29 is 43.4 Å². The molecule has 0 unspecified atom stereocenters. The van der Waals surface area contributed by atoms with Gasteiger partial charge in [-0.05, 0) is 24.3 Å². The summed E-state index contributed by atoms with van der Waals surface area (Å²) in [5.74, 6) is -1.33. The minimum absolute atomic E-state index is 0. The van der Waals surface area contributed by atoms with Gasteiger partial charge < -0.3 is 20.6 Å². The van der Waals surface area contributed by atoms with Crippen LogP contribution in [0.4, 0.5) is 15.9 Å². The van der Waals surface area contributed by atoms with Crippen LogP contribution in [0, 0.1) is 5.82 Å². The summed E-state index contributed by atoms with van der Waals surface area (Å²) in [6.07, 6.45) is 1.47. The topological polar surface area (TPSA) is 101 Å². The molecule has 6 nitrogen and oxygen atoms in total. The van der Waals surface area contributed by atoms with Crippen LogP contribution < -0.4 is 28.9 Å². The van der Waals surface area contributed by atoms with Crippen molar-refractivity contribution in [1.29, 1.82) is 0 Å². The summed E-state index contributed by atoms with van der Waals surface area (Å²) >= 11 is 0. The van der Waals surface area contributed by atoms with Crippen LogP contribution in [0.3, 0.4) is 0 Å². The molecule has 2 rings (SSSR count). The van der Waals surface area contributed by atoms with Crippen LogP contribution in [0.15, 0.2) is 36.5 Å². The van der Waals surface area contributed by atoms with Crippen LogP contribution in [0.5, 0.6) is 5.75 Å². The Hall–Kier alpha value is -2.07. The van der Waals surface area contributed by atoms with Crippen molar-refractivity contribution in [3.05, 3.63) is 47.9 Å². The molecule has 0 radical (unpaired) electrons. The van der Waals surface area contributed by atoms with Crippen molar-refractivity contribution in [2.45, 2.75) is 0 Å².